The normalized spacial score (nSPS) is 11.2. The fraction of sp³-hybridized carbons (Fsp3) is 0.222. The summed E-state index contributed by atoms with van der Waals surface area (Å²) in [6.07, 6.45) is 2.82. The van der Waals surface area contributed by atoms with Crippen LogP contribution in [0.25, 0.3) is 22.8 Å². The predicted molar refractivity (Wildman–Crippen MR) is 92.8 cm³/mol. The minimum Gasteiger partial charge on any atom is -0.444 e. The molecule has 0 saturated carbocycles. The van der Waals surface area contributed by atoms with Crippen molar-refractivity contribution < 1.29 is 14.1 Å². The average molecular weight is 338 g/mol. The monoisotopic (exact) mass is 338 g/mol. The molecule has 0 aliphatic carbocycles. The lowest BCUT2D eigenvalue weighted by atomic mass is 10.2. The van der Waals surface area contributed by atoms with Crippen LogP contribution in [0.15, 0.2) is 53.3 Å². The average Bonchev–Trinajstić information content (AvgIpc) is 3.04. The molecular formula is C18H18N4O3. The number of hydrogen-bond acceptors (Lipinski definition) is 6. The zero-order valence-electron chi connectivity index (χ0n) is 14.2. The van der Waals surface area contributed by atoms with Gasteiger partial charge in [-0.25, -0.2) is 4.79 Å². The summed E-state index contributed by atoms with van der Waals surface area (Å²) in [5.41, 5.74) is 1.47. The number of rotatable bonds is 3. The van der Waals surface area contributed by atoms with E-state index in [0.29, 0.717) is 23.0 Å². The molecular weight excluding hydrogens is 320 g/mol. The molecule has 1 N–H and O–H groups in total. The van der Waals surface area contributed by atoms with Crippen LogP contribution in [-0.2, 0) is 4.74 Å². The zero-order valence-corrected chi connectivity index (χ0v) is 14.2. The molecule has 0 aliphatic rings. The molecule has 0 unspecified atom stereocenters. The van der Waals surface area contributed by atoms with Crippen LogP contribution in [0, 0.1) is 0 Å². The molecule has 128 valence electrons. The molecule has 3 rings (SSSR count). The van der Waals surface area contributed by atoms with Gasteiger partial charge in [0.2, 0.25) is 5.82 Å². The summed E-state index contributed by atoms with van der Waals surface area (Å²) in [6, 6.07) is 10.8. The Morgan fingerprint density at radius 2 is 1.96 bits per heavy atom. The van der Waals surface area contributed by atoms with E-state index in [2.05, 4.69) is 20.4 Å². The van der Waals surface area contributed by atoms with Gasteiger partial charge in [0.05, 0.1) is 0 Å². The van der Waals surface area contributed by atoms with Crippen LogP contribution in [0.2, 0.25) is 0 Å². The molecule has 1 aromatic carbocycles. The molecule has 0 aliphatic heterocycles. The Bertz CT molecular complexity index is 869. The lowest BCUT2D eigenvalue weighted by molar-refractivity contribution is 0.0636. The van der Waals surface area contributed by atoms with E-state index >= 15 is 0 Å². The van der Waals surface area contributed by atoms with Crippen molar-refractivity contribution >= 4 is 11.8 Å². The van der Waals surface area contributed by atoms with Crippen LogP contribution in [0.3, 0.4) is 0 Å². The van der Waals surface area contributed by atoms with Crippen LogP contribution >= 0.6 is 0 Å². The van der Waals surface area contributed by atoms with Crippen molar-refractivity contribution in [2.75, 3.05) is 5.32 Å². The third kappa shape index (κ3) is 4.41. The van der Waals surface area contributed by atoms with Crippen LogP contribution in [0.5, 0.6) is 0 Å². The van der Waals surface area contributed by atoms with Crippen molar-refractivity contribution in [3.05, 3.63) is 48.8 Å². The number of aromatic nitrogens is 3. The van der Waals surface area contributed by atoms with Gasteiger partial charge in [0.1, 0.15) is 5.60 Å². The Hall–Kier alpha value is -3.22. The lowest BCUT2D eigenvalue weighted by Crippen LogP contribution is -2.27. The first-order valence-electron chi connectivity index (χ1n) is 7.75. The van der Waals surface area contributed by atoms with Crippen molar-refractivity contribution in [3.63, 3.8) is 0 Å². The number of nitrogens with zero attached hydrogens (tertiary/aromatic N) is 3. The van der Waals surface area contributed by atoms with Crippen LogP contribution in [0.1, 0.15) is 20.8 Å². The molecule has 0 spiro atoms. The van der Waals surface area contributed by atoms with Crippen LogP contribution in [-0.4, -0.2) is 26.8 Å². The second kappa shape index (κ2) is 6.72. The van der Waals surface area contributed by atoms with Gasteiger partial charge >= 0.3 is 6.09 Å². The largest absolute Gasteiger partial charge is 0.444 e. The smallest absolute Gasteiger partial charge is 0.412 e. The molecule has 0 atom stereocenters. The number of nitrogens with one attached hydrogen (secondary N) is 1. The second-order valence-electron chi connectivity index (χ2n) is 6.37. The fourth-order valence-electron chi connectivity index (χ4n) is 2.10. The highest BCUT2D eigenvalue weighted by molar-refractivity contribution is 5.85. The number of amides is 1. The Morgan fingerprint density at radius 3 is 2.68 bits per heavy atom. The van der Waals surface area contributed by atoms with E-state index in [4.69, 9.17) is 9.26 Å². The number of carbonyl (C=O) groups excluding carboxylic acids is 1. The molecule has 7 nitrogen and oxygen atoms in total. The number of pyridine rings is 1. The molecule has 0 bridgehead atoms. The fourth-order valence-corrected chi connectivity index (χ4v) is 2.10. The molecule has 0 radical (unpaired) electrons. The Labute approximate surface area is 145 Å². The minimum absolute atomic E-state index is 0.353. The van der Waals surface area contributed by atoms with Crippen molar-refractivity contribution in [2.24, 2.45) is 0 Å². The van der Waals surface area contributed by atoms with E-state index in [9.17, 15) is 4.79 Å². The van der Waals surface area contributed by atoms with Gasteiger partial charge in [0.15, 0.2) is 0 Å². The van der Waals surface area contributed by atoms with Gasteiger partial charge in [0.25, 0.3) is 5.89 Å². The van der Waals surface area contributed by atoms with Gasteiger partial charge in [-0.05, 0) is 51.1 Å². The summed E-state index contributed by atoms with van der Waals surface area (Å²) < 4.78 is 10.6. The first kappa shape index (κ1) is 16.6. The highest BCUT2D eigenvalue weighted by atomic mass is 16.6. The summed E-state index contributed by atoms with van der Waals surface area (Å²) in [6.45, 7) is 5.42. The summed E-state index contributed by atoms with van der Waals surface area (Å²) in [5, 5.41) is 6.65. The van der Waals surface area contributed by atoms with Gasteiger partial charge in [0, 0.05) is 29.2 Å². The summed E-state index contributed by atoms with van der Waals surface area (Å²) in [5.74, 6) is 0.806. The van der Waals surface area contributed by atoms with Gasteiger partial charge < -0.3 is 9.26 Å². The molecule has 3 aromatic rings. The van der Waals surface area contributed by atoms with E-state index in [1.165, 1.54) is 0 Å². The van der Waals surface area contributed by atoms with E-state index in [0.717, 1.165) is 5.56 Å². The number of benzene rings is 1. The number of anilines is 1. The highest BCUT2D eigenvalue weighted by Gasteiger charge is 2.17. The number of hydrogen-bond donors (Lipinski definition) is 1. The van der Waals surface area contributed by atoms with Crippen LogP contribution in [0.4, 0.5) is 10.5 Å². The topological polar surface area (TPSA) is 90.1 Å². The van der Waals surface area contributed by atoms with Gasteiger partial charge in [-0.3, -0.25) is 10.3 Å². The molecule has 1 amide bonds. The van der Waals surface area contributed by atoms with E-state index in [-0.39, 0.29) is 0 Å². The van der Waals surface area contributed by atoms with Crippen molar-refractivity contribution in [1.29, 1.82) is 0 Å². The minimum atomic E-state index is -0.563. The quantitative estimate of drug-likeness (QED) is 0.771. The first-order chi connectivity index (χ1) is 11.9. The third-order valence-corrected chi connectivity index (χ3v) is 3.10. The maximum atomic E-state index is 11.9. The molecule has 7 heteroatoms. The lowest BCUT2D eigenvalue weighted by Gasteiger charge is -2.19. The molecule has 0 fully saturated rings. The number of ether oxygens (including phenoxy) is 1. The van der Waals surface area contributed by atoms with E-state index in [1.54, 1.807) is 57.4 Å². The first-order valence-corrected chi connectivity index (χ1v) is 7.75. The van der Waals surface area contributed by atoms with Gasteiger partial charge in [-0.1, -0.05) is 11.2 Å². The van der Waals surface area contributed by atoms with Crippen molar-refractivity contribution in [3.8, 4) is 22.8 Å². The Balaban J connectivity index is 1.78. The molecule has 2 heterocycles. The van der Waals surface area contributed by atoms with Crippen molar-refractivity contribution in [2.45, 2.75) is 26.4 Å². The van der Waals surface area contributed by atoms with Crippen molar-refractivity contribution in [1.82, 2.24) is 15.1 Å². The predicted octanol–water partition coefficient (Wildman–Crippen LogP) is 4.15. The van der Waals surface area contributed by atoms with Gasteiger partial charge in [-0.15, -0.1) is 0 Å². The summed E-state index contributed by atoms with van der Waals surface area (Å²) in [4.78, 5) is 20.3. The highest BCUT2D eigenvalue weighted by Crippen LogP contribution is 2.24. The zero-order chi connectivity index (χ0) is 17.9. The molecule has 25 heavy (non-hydrogen) atoms. The number of carbonyl (C=O) groups is 1. The SMILES string of the molecule is CC(C)(C)OC(=O)Nc1cccc(-c2nc(-c3cccnc3)no2)c1. The third-order valence-electron chi connectivity index (χ3n) is 3.10. The summed E-state index contributed by atoms with van der Waals surface area (Å²) in [7, 11) is 0. The summed E-state index contributed by atoms with van der Waals surface area (Å²) >= 11 is 0. The molecule has 2 aromatic heterocycles. The maximum Gasteiger partial charge on any atom is 0.412 e. The second-order valence-corrected chi connectivity index (χ2v) is 6.37. The standard InChI is InChI=1S/C18H18N4O3/c1-18(2,3)24-17(23)20-14-8-4-6-12(10-14)16-21-15(22-25-16)13-7-5-9-19-11-13/h4-11H,1-3H3,(H,20,23). The Kier molecular flexibility index (Phi) is 4.47. The van der Waals surface area contributed by atoms with Gasteiger partial charge in [-0.2, -0.15) is 4.98 Å². The van der Waals surface area contributed by atoms with Crippen LogP contribution < -0.4 is 5.32 Å². The Morgan fingerprint density at radius 1 is 1.16 bits per heavy atom. The maximum absolute atomic E-state index is 11.9. The molecule has 0 saturated heterocycles. The van der Waals surface area contributed by atoms with E-state index < -0.39 is 11.7 Å². The van der Waals surface area contributed by atoms with E-state index in [1.807, 2.05) is 12.1 Å².